The van der Waals surface area contributed by atoms with E-state index in [0.29, 0.717) is 5.56 Å². The molecule has 1 saturated carbocycles. The maximum absolute atomic E-state index is 12.5. The molecule has 1 aliphatic rings. The van der Waals surface area contributed by atoms with E-state index in [1.165, 1.54) is 18.2 Å². The van der Waals surface area contributed by atoms with E-state index < -0.39 is 20.5 Å². The van der Waals surface area contributed by atoms with E-state index in [1.54, 1.807) is 13.8 Å². The van der Waals surface area contributed by atoms with E-state index in [0.717, 1.165) is 12.8 Å². The molecule has 0 heterocycles. The predicted octanol–water partition coefficient (Wildman–Crippen LogP) is 1.73. The topological polar surface area (TPSA) is 115 Å². The van der Waals surface area contributed by atoms with Gasteiger partial charge in [-0.25, -0.2) is 13.1 Å². The summed E-state index contributed by atoms with van der Waals surface area (Å²) in [7, 11) is -3.76. The molecule has 1 fully saturated rings. The molecule has 0 bridgehead atoms. The predicted molar refractivity (Wildman–Crippen MR) is 85.6 cm³/mol. The van der Waals surface area contributed by atoms with E-state index in [2.05, 4.69) is 4.72 Å². The van der Waals surface area contributed by atoms with Crippen molar-refractivity contribution in [2.45, 2.75) is 37.1 Å². The van der Waals surface area contributed by atoms with E-state index in [1.807, 2.05) is 0 Å². The monoisotopic (exact) mass is 349 g/mol. The Hall–Kier alpha value is -1.22. The number of sulfonamides is 1. The van der Waals surface area contributed by atoms with Crippen LogP contribution in [-0.4, -0.2) is 25.4 Å². The summed E-state index contributed by atoms with van der Waals surface area (Å²) in [5.41, 5.74) is 5.26. The summed E-state index contributed by atoms with van der Waals surface area (Å²) >= 11 is 0. The van der Waals surface area contributed by atoms with Crippen molar-refractivity contribution in [2.24, 2.45) is 11.7 Å². The van der Waals surface area contributed by atoms with Crippen molar-refractivity contribution >= 4 is 28.1 Å². The number of nitro benzene ring substituents is 1. The molecule has 124 valence electrons. The van der Waals surface area contributed by atoms with Gasteiger partial charge < -0.3 is 5.73 Å². The number of aryl methyl sites for hydroxylation is 1. The van der Waals surface area contributed by atoms with Crippen LogP contribution in [0.3, 0.4) is 0 Å². The number of hydrogen-bond donors (Lipinski definition) is 2. The number of rotatable bonds is 6. The second-order valence-corrected chi connectivity index (χ2v) is 7.36. The lowest BCUT2D eigenvalue weighted by Gasteiger charge is -2.29. The third kappa shape index (κ3) is 3.75. The average Bonchev–Trinajstić information content (AvgIpc) is 3.22. The molecule has 0 amide bonds. The van der Waals surface area contributed by atoms with Gasteiger partial charge in [-0.3, -0.25) is 10.1 Å². The number of nitrogens with zero attached hydrogens (tertiary/aromatic N) is 1. The molecule has 3 N–H and O–H groups in total. The summed E-state index contributed by atoms with van der Waals surface area (Å²) in [5, 5.41) is 10.7. The van der Waals surface area contributed by atoms with Crippen LogP contribution >= 0.6 is 12.4 Å². The molecule has 0 aromatic heterocycles. The highest BCUT2D eigenvalue weighted by Gasteiger charge is 2.43. The Balaban J connectivity index is 0.00000242. The van der Waals surface area contributed by atoms with E-state index >= 15 is 0 Å². The van der Waals surface area contributed by atoms with Gasteiger partial charge in [0.25, 0.3) is 5.69 Å². The molecule has 0 spiro atoms. The van der Waals surface area contributed by atoms with Crippen molar-refractivity contribution in [1.29, 1.82) is 0 Å². The Kier molecular flexibility index (Phi) is 5.56. The summed E-state index contributed by atoms with van der Waals surface area (Å²) in [5.74, 6) is 0.246. The number of benzene rings is 1. The highest BCUT2D eigenvalue weighted by Crippen LogP contribution is 2.40. The van der Waals surface area contributed by atoms with Crippen LogP contribution in [-0.2, 0) is 10.0 Å². The first kappa shape index (κ1) is 18.8. The molecule has 1 aromatic rings. The normalized spacial score (nSPS) is 17.4. The van der Waals surface area contributed by atoms with E-state index in [9.17, 15) is 18.5 Å². The van der Waals surface area contributed by atoms with Crippen molar-refractivity contribution in [2.75, 3.05) is 6.54 Å². The Morgan fingerprint density at radius 1 is 1.45 bits per heavy atom. The fourth-order valence-corrected chi connectivity index (χ4v) is 4.13. The molecule has 9 heteroatoms. The molecular formula is C13H20ClN3O4S. The van der Waals surface area contributed by atoms with Crippen LogP contribution < -0.4 is 10.5 Å². The molecular weight excluding hydrogens is 330 g/mol. The second-order valence-electron chi connectivity index (χ2n) is 5.71. The van der Waals surface area contributed by atoms with Crippen LogP contribution in [0.5, 0.6) is 0 Å². The molecule has 2 rings (SSSR count). The van der Waals surface area contributed by atoms with Gasteiger partial charge in [0.1, 0.15) is 0 Å². The second kappa shape index (κ2) is 6.49. The molecule has 1 unspecified atom stereocenters. The molecule has 0 aliphatic heterocycles. The average molecular weight is 350 g/mol. The van der Waals surface area contributed by atoms with Gasteiger partial charge >= 0.3 is 0 Å². The summed E-state index contributed by atoms with van der Waals surface area (Å²) in [4.78, 5) is 10.2. The minimum Gasteiger partial charge on any atom is -0.329 e. The number of non-ortho nitro benzene ring substituents is 1. The number of nitrogens with two attached hydrogens (primary N) is 1. The zero-order chi connectivity index (χ0) is 15.8. The van der Waals surface area contributed by atoms with Crippen LogP contribution in [0, 0.1) is 23.0 Å². The van der Waals surface area contributed by atoms with Gasteiger partial charge in [0.15, 0.2) is 0 Å². The Morgan fingerprint density at radius 3 is 2.45 bits per heavy atom. The van der Waals surface area contributed by atoms with Crippen molar-refractivity contribution < 1.29 is 13.3 Å². The van der Waals surface area contributed by atoms with Gasteiger partial charge in [0.2, 0.25) is 10.0 Å². The van der Waals surface area contributed by atoms with Crippen LogP contribution in [0.4, 0.5) is 5.69 Å². The van der Waals surface area contributed by atoms with Crippen molar-refractivity contribution in [3.63, 3.8) is 0 Å². The zero-order valence-corrected chi connectivity index (χ0v) is 14.0. The SMILES string of the molecule is Cc1cc([N+](=O)[O-])ccc1S(=O)(=O)NC(C)(CN)C1CC1.Cl. The van der Waals surface area contributed by atoms with Crippen molar-refractivity contribution in [1.82, 2.24) is 4.72 Å². The fourth-order valence-electron chi connectivity index (χ4n) is 2.42. The smallest absolute Gasteiger partial charge is 0.269 e. The fraction of sp³-hybridized carbons (Fsp3) is 0.538. The third-order valence-electron chi connectivity index (χ3n) is 3.93. The summed E-state index contributed by atoms with van der Waals surface area (Å²) in [6.07, 6.45) is 1.91. The number of hydrogen-bond acceptors (Lipinski definition) is 5. The minimum atomic E-state index is -3.76. The van der Waals surface area contributed by atoms with Crippen LogP contribution in [0.15, 0.2) is 23.1 Å². The first-order valence-electron chi connectivity index (χ1n) is 6.69. The molecule has 1 atom stereocenters. The summed E-state index contributed by atoms with van der Waals surface area (Å²) < 4.78 is 27.7. The summed E-state index contributed by atoms with van der Waals surface area (Å²) in [6, 6.07) is 3.71. The first-order chi connectivity index (χ1) is 9.69. The van der Waals surface area contributed by atoms with Crippen LogP contribution in [0.1, 0.15) is 25.3 Å². The molecule has 0 radical (unpaired) electrons. The Morgan fingerprint density at radius 2 is 2.05 bits per heavy atom. The molecule has 22 heavy (non-hydrogen) atoms. The first-order valence-corrected chi connectivity index (χ1v) is 8.17. The number of nitrogens with one attached hydrogen (secondary N) is 1. The van der Waals surface area contributed by atoms with Gasteiger partial charge in [0.05, 0.1) is 9.82 Å². The number of nitro groups is 1. The minimum absolute atomic E-state index is 0. The van der Waals surface area contributed by atoms with Crippen LogP contribution in [0.2, 0.25) is 0 Å². The highest BCUT2D eigenvalue weighted by atomic mass is 35.5. The lowest BCUT2D eigenvalue weighted by molar-refractivity contribution is -0.385. The standard InChI is InChI=1S/C13H19N3O4S.ClH/c1-9-7-11(16(17)18)5-6-12(9)21(19,20)15-13(2,8-14)10-3-4-10;/h5-7,10,15H,3-4,8,14H2,1-2H3;1H. The lowest BCUT2D eigenvalue weighted by Crippen LogP contribution is -2.53. The maximum atomic E-state index is 12.5. The molecule has 0 saturated heterocycles. The maximum Gasteiger partial charge on any atom is 0.269 e. The van der Waals surface area contributed by atoms with E-state index in [4.69, 9.17) is 5.73 Å². The van der Waals surface area contributed by atoms with Gasteiger partial charge in [-0.05, 0) is 44.2 Å². The van der Waals surface area contributed by atoms with Crippen molar-refractivity contribution in [3.8, 4) is 0 Å². The zero-order valence-electron chi connectivity index (χ0n) is 12.4. The highest BCUT2D eigenvalue weighted by molar-refractivity contribution is 7.89. The largest absolute Gasteiger partial charge is 0.329 e. The number of halogens is 1. The van der Waals surface area contributed by atoms with E-state index in [-0.39, 0.29) is 35.5 Å². The molecule has 1 aromatic carbocycles. The van der Waals surface area contributed by atoms with Gasteiger partial charge in [0, 0.05) is 24.2 Å². The summed E-state index contributed by atoms with van der Waals surface area (Å²) in [6.45, 7) is 3.55. The van der Waals surface area contributed by atoms with Crippen LogP contribution in [0.25, 0.3) is 0 Å². The van der Waals surface area contributed by atoms with Gasteiger partial charge in [-0.1, -0.05) is 0 Å². The van der Waals surface area contributed by atoms with Gasteiger partial charge in [-0.2, -0.15) is 0 Å². The third-order valence-corrected chi connectivity index (χ3v) is 5.70. The molecule has 1 aliphatic carbocycles. The van der Waals surface area contributed by atoms with Gasteiger partial charge in [-0.15, -0.1) is 12.4 Å². The molecule has 7 nitrogen and oxygen atoms in total. The Bertz CT molecular complexity index is 676. The lowest BCUT2D eigenvalue weighted by atomic mass is 9.98. The van der Waals surface area contributed by atoms with Crippen molar-refractivity contribution in [3.05, 3.63) is 33.9 Å². The quantitative estimate of drug-likeness (QED) is 0.599. The Labute approximate surface area is 135 Å².